The van der Waals surface area contributed by atoms with Gasteiger partial charge < -0.3 is 10.4 Å². The second-order valence-corrected chi connectivity index (χ2v) is 6.69. The number of hydrogen-bond donors (Lipinski definition) is 2. The van der Waals surface area contributed by atoms with Crippen molar-refractivity contribution in [2.75, 3.05) is 0 Å². The van der Waals surface area contributed by atoms with E-state index in [0.29, 0.717) is 6.04 Å². The standard InChI is InChI=1S/C20H25NO/c1-20(22)14-12-18(13-15-20)21-19(16-8-4-2-5-9-16)17-10-6-3-7-11-17/h2-11,18-19,21-22H,12-15H2,1H3. The summed E-state index contributed by atoms with van der Waals surface area (Å²) in [5.74, 6) is 0. The Hall–Kier alpha value is -1.64. The number of benzene rings is 2. The highest BCUT2D eigenvalue weighted by Gasteiger charge is 2.30. The van der Waals surface area contributed by atoms with Crippen LogP contribution in [-0.2, 0) is 0 Å². The lowest BCUT2D eigenvalue weighted by atomic mass is 9.83. The fourth-order valence-electron chi connectivity index (χ4n) is 3.32. The topological polar surface area (TPSA) is 32.3 Å². The van der Waals surface area contributed by atoms with Crippen LogP contribution in [0, 0.1) is 0 Å². The van der Waals surface area contributed by atoms with Gasteiger partial charge in [0.05, 0.1) is 11.6 Å². The van der Waals surface area contributed by atoms with E-state index < -0.39 is 5.60 Å². The highest BCUT2D eigenvalue weighted by Crippen LogP contribution is 2.30. The van der Waals surface area contributed by atoms with E-state index in [2.05, 4.69) is 66.0 Å². The van der Waals surface area contributed by atoms with Gasteiger partial charge in [0.15, 0.2) is 0 Å². The van der Waals surface area contributed by atoms with E-state index in [1.54, 1.807) is 0 Å². The summed E-state index contributed by atoms with van der Waals surface area (Å²) in [5.41, 5.74) is 2.12. The van der Waals surface area contributed by atoms with Crippen LogP contribution in [0.25, 0.3) is 0 Å². The third-order valence-corrected chi connectivity index (χ3v) is 4.73. The highest BCUT2D eigenvalue weighted by atomic mass is 16.3. The summed E-state index contributed by atoms with van der Waals surface area (Å²) >= 11 is 0. The summed E-state index contributed by atoms with van der Waals surface area (Å²) in [7, 11) is 0. The molecular weight excluding hydrogens is 270 g/mol. The molecule has 0 aliphatic heterocycles. The molecule has 3 rings (SSSR count). The van der Waals surface area contributed by atoms with Gasteiger partial charge in [0.1, 0.15) is 0 Å². The van der Waals surface area contributed by atoms with Crippen molar-refractivity contribution < 1.29 is 5.11 Å². The zero-order valence-electron chi connectivity index (χ0n) is 13.2. The molecule has 1 aliphatic carbocycles. The second-order valence-electron chi connectivity index (χ2n) is 6.69. The van der Waals surface area contributed by atoms with Crippen molar-refractivity contribution in [2.45, 2.75) is 50.3 Å². The summed E-state index contributed by atoms with van der Waals surface area (Å²) in [6.07, 6.45) is 3.81. The van der Waals surface area contributed by atoms with E-state index >= 15 is 0 Å². The van der Waals surface area contributed by atoms with E-state index in [1.807, 2.05) is 6.92 Å². The fraction of sp³-hybridized carbons (Fsp3) is 0.400. The Morgan fingerprint density at radius 3 is 1.82 bits per heavy atom. The smallest absolute Gasteiger partial charge is 0.0621 e. The van der Waals surface area contributed by atoms with E-state index in [0.717, 1.165) is 25.7 Å². The molecular formula is C20H25NO. The molecule has 2 aromatic rings. The zero-order valence-corrected chi connectivity index (χ0v) is 13.2. The van der Waals surface area contributed by atoms with Gasteiger partial charge in [-0.2, -0.15) is 0 Å². The van der Waals surface area contributed by atoms with E-state index in [1.165, 1.54) is 11.1 Å². The lowest BCUT2D eigenvalue weighted by Gasteiger charge is -2.35. The minimum Gasteiger partial charge on any atom is -0.390 e. The molecule has 0 heterocycles. The van der Waals surface area contributed by atoms with Crippen molar-refractivity contribution >= 4 is 0 Å². The van der Waals surface area contributed by atoms with Crippen molar-refractivity contribution in [3.63, 3.8) is 0 Å². The zero-order chi connectivity index (χ0) is 15.4. The van der Waals surface area contributed by atoms with Crippen LogP contribution in [-0.4, -0.2) is 16.7 Å². The van der Waals surface area contributed by atoms with Crippen LogP contribution in [0.4, 0.5) is 0 Å². The van der Waals surface area contributed by atoms with Gasteiger partial charge in [0.25, 0.3) is 0 Å². The predicted molar refractivity (Wildman–Crippen MR) is 90.7 cm³/mol. The molecule has 0 bridgehead atoms. The molecule has 0 radical (unpaired) electrons. The quantitative estimate of drug-likeness (QED) is 0.891. The molecule has 0 saturated heterocycles. The molecule has 1 fully saturated rings. The lowest BCUT2D eigenvalue weighted by Crippen LogP contribution is -2.41. The molecule has 1 aliphatic rings. The Labute approximate surface area is 133 Å². The summed E-state index contributed by atoms with van der Waals surface area (Å²) in [4.78, 5) is 0. The Bertz CT molecular complexity index is 530. The maximum Gasteiger partial charge on any atom is 0.0621 e. The van der Waals surface area contributed by atoms with Crippen molar-refractivity contribution in [1.29, 1.82) is 0 Å². The van der Waals surface area contributed by atoms with E-state index in [-0.39, 0.29) is 6.04 Å². The first kappa shape index (κ1) is 15.3. The third-order valence-electron chi connectivity index (χ3n) is 4.73. The normalized spacial score (nSPS) is 25.3. The Kier molecular flexibility index (Phi) is 4.60. The van der Waals surface area contributed by atoms with Gasteiger partial charge in [-0.15, -0.1) is 0 Å². The summed E-state index contributed by atoms with van der Waals surface area (Å²) in [5, 5.41) is 13.9. The highest BCUT2D eigenvalue weighted by molar-refractivity contribution is 5.31. The first-order valence-electron chi connectivity index (χ1n) is 8.22. The Morgan fingerprint density at radius 2 is 1.36 bits per heavy atom. The Morgan fingerprint density at radius 1 is 0.909 bits per heavy atom. The van der Waals surface area contributed by atoms with Crippen LogP contribution in [0.1, 0.15) is 49.8 Å². The van der Waals surface area contributed by atoms with Crippen LogP contribution in [0.3, 0.4) is 0 Å². The maximum absolute atomic E-state index is 10.1. The minimum absolute atomic E-state index is 0.218. The molecule has 0 aromatic heterocycles. The summed E-state index contributed by atoms with van der Waals surface area (Å²) < 4.78 is 0. The molecule has 2 aromatic carbocycles. The molecule has 0 amide bonds. The van der Waals surface area contributed by atoms with Gasteiger partial charge in [-0.1, -0.05) is 60.7 Å². The summed E-state index contributed by atoms with van der Waals surface area (Å²) in [6.45, 7) is 1.95. The van der Waals surface area contributed by atoms with E-state index in [9.17, 15) is 5.11 Å². The van der Waals surface area contributed by atoms with Gasteiger partial charge in [0, 0.05) is 6.04 Å². The van der Waals surface area contributed by atoms with Crippen molar-refractivity contribution in [3.05, 3.63) is 71.8 Å². The SMILES string of the molecule is CC1(O)CCC(NC(c2ccccc2)c2ccccc2)CC1. The summed E-state index contributed by atoms with van der Waals surface area (Å²) in [6, 6.07) is 21.9. The molecule has 0 unspecified atom stereocenters. The number of hydrogen-bond acceptors (Lipinski definition) is 2. The molecule has 0 spiro atoms. The van der Waals surface area contributed by atoms with Crippen LogP contribution < -0.4 is 5.32 Å². The lowest BCUT2D eigenvalue weighted by molar-refractivity contribution is 0.0134. The van der Waals surface area contributed by atoms with Crippen LogP contribution >= 0.6 is 0 Å². The fourth-order valence-corrected chi connectivity index (χ4v) is 3.32. The Balaban J connectivity index is 1.78. The molecule has 116 valence electrons. The monoisotopic (exact) mass is 295 g/mol. The third kappa shape index (κ3) is 3.76. The molecule has 2 heteroatoms. The van der Waals surface area contributed by atoms with Gasteiger partial charge >= 0.3 is 0 Å². The number of rotatable bonds is 4. The van der Waals surface area contributed by atoms with Crippen molar-refractivity contribution in [1.82, 2.24) is 5.32 Å². The molecule has 0 atom stereocenters. The minimum atomic E-state index is -0.479. The van der Waals surface area contributed by atoms with Crippen LogP contribution in [0.15, 0.2) is 60.7 Å². The average Bonchev–Trinajstić information content (AvgIpc) is 2.55. The van der Waals surface area contributed by atoms with Crippen molar-refractivity contribution in [3.8, 4) is 0 Å². The van der Waals surface area contributed by atoms with Gasteiger partial charge in [-0.05, 0) is 43.7 Å². The van der Waals surface area contributed by atoms with Gasteiger partial charge in [-0.3, -0.25) is 0 Å². The maximum atomic E-state index is 10.1. The van der Waals surface area contributed by atoms with E-state index in [4.69, 9.17) is 0 Å². The number of aliphatic hydroxyl groups is 1. The first-order valence-corrected chi connectivity index (χ1v) is 8.22. The first-order chi connectivity index (χ1) is 10.6. The second kappa shape index (κ2) is 6.64. The van der Waals surface area contributed by atoms with Crippen molar-refractivity contribution in [2.24, 2.45) is 0 Å². The molecule has 2 nitrogen and oxygen atoms in total. The van der Waals surface area contributed by atoms with Crippen LogP contribution in [0.2, 0.25) is 0 Å². The largest absolute Gasteiger partial charge is 0.390 e. The molecule has 2 N–H and O–H groups in total. The van der Waals surface area contributed by atoms with Crippen LogP contribution in [0.5, 0.6) is 0 Å². The number of nitrogens with one attached hydrogen (secondary N) is 1. The molecule has 1 saturated carbocycles. The van der Waals surface area contributed by atoms with Gasteiger partial charge in [0.2, 0.25) is 0 Å². The molecule has 22 heavy (non-hydrogen) atoms. The van der Waals surface area contributed by atoms with Gasteiger partial charge in [-0.25, -0.2) is 0 Å². The average molecular weight is 295 g/mol. The predicted octanol–water partition coefficient (Wildman–Crippen LogP) is 4.06.